The maximum atomic E-state index is 13.1. The normalized spacial score (nSPS) is 16.2. The third kappa shape index (κ3) is 4.47. The number of hydrogen-bond donors (Lipinski definition) is 1. The number of fused-ring (bicyclic) bond motifs is 1. The fourth-order valence-electron chi connectivity index (χ4n) is 4.58. The van der Waals surface area contributed by atoms with E-state index >= 15 is 0 Å². The number of benzene rings is 2. The highest BCUT2D eigenvalue weighted by Crippen LogP contribution is 2.41. The summed E-state index contributed by atoms with van der Waals surface area (Å²) in [5.41, 5.74) is 3.96. The molecule has 0 aliphatic carbocycles. The Hall–Kier alpha value is -2.93. The first-order valence-electron chi connectivity index (χ1n) is 11.5. The minimum absolute atomic E-state index is 0.0735. The number of anilines is 1. The highest BCUT2D eigenvalue weighted by Gasteiger charge is 2.32. The van der Waals surface area contributed by atoms with Gasteiger partial charge in [0.25, 0.3) is 5.91 Å². The second-order valence-electron chi connectivity index (χ2n) is 8.55. The second-order valence-corrected chi connectivity index (χ2v) is 9.50. The summed E-state index contributed by atoms with van der Waals surface area (Å²) in [6.45, 7) is 9.32. The smallest absolute Gasteiger partial charge is 0.265 e. The Labute approximate surface area is 198 Å². The molecule has 5 nitrogen and oxygen atoms in total. The van der Waals surface area contributed by atoms with Crippen molar-refractivity contribution >= 4 is 33.9 Å². The van der Waals surface area contributed by atoms with E-state index in [9.17, 15) is 4.79 Å². The number of nitrogens with zero attached hydrogens (tertiary/aromatic N) is 2. The molecule has 0 radical (unpaired) electrons. The lowest BCUT2D eigenvalue weighted by Crippen LogP contribution is -2.47. The van der Waals surface area contributed by atoms with Crippen molar-refractivity contribution in [2.45, 2.75) is 19.9 Å². The molecule has 5 rings (SSSR count). The number of aryl methyl sites for hydroxylation is 1. The van der Waals surface area contributed by atoms with Crippen molar-refractivity contribution in [2.24, 2.45) is 0 Å². The van der Waals surface area contributed by atoms with Gasteiger partial charge in [0, 0.05) is 31.6 Å². The van der Waals surface area contributed by atoms with Crippen LogP contribution < -0.4 is 5.32 Å². The third-order valence-electron chi connectivity index (χ3n) is 6.47. The molecule has 4 aromatic rings. The Morgan fingerprint density at radius 2 is 1.79 bits per heavy atom. The average Bonchev–Trinajstić information content (AvgIpc) is 3.50. The number of piperazine rings is 1. The van der Waals surface area contributed by atoms with Gasteiger partial charge in [-0.3, -0.25) is 9.69 Å². The lowest BCUT2D eigenvalue weighted by molar-refractivity contribution is 0.102. The average molecular weight is 460 g/mol. The van der Waals surface area contributed by atoms with E-state index in [4.69, 9.17) is 4.42 Å². The standard InChI is InChI=1S/C27H29N3O2S/c1-3-29-14-16-30(17-15-29)25(20-12-10-19(2)11-13-20)26-24(21-7-4-5-8-22(21)32-26)28-27(31)23-9-6-18-33-23/h4-13,18,25H,3,14-17H2,1-2H3,(H,28,31)/t25-/m1/s1. The third-order valence-corrected chi connectivity index (χ3v) is 7.34. The topological polar surface area (TPSA) is 48.7 Å². The second kappa shape index (κ2) is 9.51. The fraction of sp³-hybridized carbons (Fsp3) is 0.296. The molecule has 2 aromatic carbocycles. The molecule has 0 unspecified atom stereocenters. The van der Waals surface area contributed by atoms with Crippen LogP contribution in [0.3, 0.4) is 0 Å². The summed E-state index contributed by atoms with van der Waals surface area (Å²) in [5.74, 6) is 0.700. The number of furan rings is 1. The van der Waals surface area contributed by atoms with Crippen LogP contribution >= 0.6 is 11.3 Å². The molecule has 0 saturated carbocycles. The molecule has 2 aromatic heterocycles. The molecular formula is C27H29N3O2S. The summed E-state index contributed by atoms with van der Waals surface area (Å²) in [6, 6.07) is 20.3. The lowest BCUT2D eigenvalue weighted by atomic mass is 9.99. The Bertz CT molecular complexity index is 1220. The van der Waals surface area contributed by atoms with Gasteiger partial charge in [-0.25, -0.2) is 0 Å². The van der Waals surface area contributed by atoms with E-state index in [-0.39, 0.29) is 11.9 Å². The van der Waals surface area contributed by atoms with Crippen molar-refractivity contribution in [3.8, 4) is 0 Å². The number of rotatable bonds is 6. The number of likely N-dealkylation sites (N-methyl/N-ethyl adjacent to an activating group) is 1. The summed E-state index contributed by atoms with van der Waals surface area (Å²) >= 11 is 1.44. The van der Waals surface area contributed by atoms with E-state index in [1.165, 1.54) is 22.5 Å². The van der Waals surface area contributed by atoms with Gasteiger partial charge in [-0.2, -0.15) is 0 Å². The van der Waals surface area contributed by atoms with E-state index in [1.807, 2.05) is 41.8 Å². The van der Waals surface area contributed by atoms with Crippen LogP contribution in [0.2, 0.25) is 0 Å². The maximum absolute atomic E-state index is 13.1. The number of hydrogen-bond acceptors (Lipinski definition) is 5. The van der Waals surface area contributed by atoms with Crippen LogP contribution in [-0.2, 0) is 0 Å². The van der Waals surface area contributed by atoms with Gasteiger partial charge in [0.2, 0.25) is 0 Å². The summed E-state index contributed by atoms with van der Waals surface area (Å²) in [6.07, 6.45) is 0. The van der Waals surface area contributed by atoms with E-state index in [0.29, 0.717) is 4.88 Å². The zero-order valence-electron chi connectivity index (χ0n) is 19.1. The van der Waals surface area contributed by atoms with Crippen LogP contribution in [0.25, 0.3) is 11.0 Å². The van der Waals surface area contributed by atoms with Crippen molar-refractivity contribution in [3.05, 3.63) is 87.8 Å². The maximum Gasteiger partial charge on any atom is 0.265 e. The molecule has 170 valence electrons. The van der Waals surface area contributed by atoms with Crippen LogP contribution in [0, 0.1) is 6.92 Å². The minimum atomic E-state index is -0.101. The predicted molar refractivity (Wildman–Crippen MR) is 135 cm³/mol. The molecule has 1 fully saturated rings. The molecule has 6 heteroatoms. The number of carbonyl (C=O) groups excluding carboxylic acids is 1. The molecule has 1 N–H and O–H groups in total. The quantitative estimate of drug-likeness (QED) is 0.397. The molecule has 1 amide bonds. The first kappa shape index (κ1) is 21.9. The Morgan fingerprint density at radius 1 is 1.03 bits per heavy atom. The van der Waals surface area contributed by atoms with Crippen molar-refractivity contribution in [3.63, 3.8) is 0 Å². The van der Waals surface area contributed by atoms with E-state index in [2.05, 4.69) is 53.2 Å². The molecular weight excluding hydrogens is 430 g/mol. The number of nitrogens with one attached hydrogen (secondary N) is 1. The molecule has 3 heterocycles. The first-order valence-corrected chi connectivity index (χ1v) is 12.4. The summed E-state index contributed by atoms with van der Waals surface area (Å²) in [7, 11) is 0. The molecule has 1 aliphatic heterocycles. The molecule has 1 aliphatic rings. The number of carbonyl (C=O) groups is 1. The van der Waals surface area contributed by atoms with Gasteiger partial charge in [-0.1, -0.05) is 55.0 Å². The Balaban J connectivity index is 1.60. The zero-order chi connectivity index (χ0) is 22.8. The molecule has 0 bridgehead atoms. The first-order chi connectivity index (χ1) is 16.1. The Morgan fingerprint density at radius 3 is 2.48 bits per heavy atom. The van der Waals surface area contributed by atoms with Crippen LogP contribution in [0.1, 0.15) is 39.5 Å². The SMILES string of the molecule is CCN1CCN([C@H](c2ccc(C)cc2)c2oc3ccccc3c2NC(=O)c2cccs2)CC1. The minimum Gasteiger partial charge on any atom is -0.457 e. The van der Waals surface area contributed by atoms with Gasteiger partial charge >= 0.3 is 0 Å². The van der Waals surface area contributed by atoms with Crippen molar-refractivity contribution in [2.75, 3.05) is 38.0 Å². The predicted octanol–water partition coefficient (Wildman–Crippen LogP) is 5.78. The molecule has 1 saturated heterocycles. The van der Waals surface area contributed by atoms with Crippen LogP contribution in [0.4, 0.5) is 5.69 Å². The number of para-hydroxylation sites is 1. The lowest BCUT2D eigenvalue weighted by Gasteiger charge is -2.38. The highest BCUT2D eigenvalue weighted by atomic mass is 32.1. The molecule has 1 atom stereocenters. The largest absolute Gasteiger partial charge is 0.457 e. The van der Waals surface area contributed by atoms with Gasteiger partial charge in [-0.05, 0) is 42.6 Å². The highest BCUT2D eigenvalue weighted by molar-refractivity contribution is 7.12. The van der Waals surface area contributed by atoms with Gasteiger partial charge in [-0.15, -0.1) is 11.3 Å². The van der Waals surface area contributed by atoms with E-state index < -0.39 is 0 Å². The summed E-state index contributed by atoms with van der Waals surface area (Å²) in [4.78, 5) is 18.7. The van der Waals surface area contributed by atoms with Gasteiger partial charge in [0.1, 0.15) is 11.3 Å². The van der Waals surface area contributed by atoms with Crippen LogP contribution in [-0.4, -0.2) is 48.4 Å². The number of thiophene rings is 1. The summed E-state index contributed by atoms with van der Waals surface area (Å²) < 4.78 is 6.50. The van der Waals surface area contributed by atoms with Crippen molar-refractivity contribution in [1.82, 2.24) is 9.80 Å². The monoisotopic (exact) mass is 459 g/mol. The van der Waals surface area contributed by atoms with Gasteiger partial charge < -0.3 is 14.6 Å². The van der Waals surface area contributed by atoms with E-state index in [1.54, 1.807) is 0 Å². The molecule has 33 heavy (non-hydrogen) atoms. The van der Waals surface area contributed by atoms with Gasteiger partial charge in [0.15, 0.2) is 0 Å². The fourth-order valence-corrected chi connectivity index (χ4v) is 5.20. The van der Waals surface area contributed by atoms with E-state index in [0.717, 1.165) is 55.1 Å². The van der Waals surface area contributed by atoms with Crippen molar-refractivity contribution < 1.29 is 9.21 Å². The van der Waals surface area contributed by atoms with Crippen LogP contribution in [0.15, 0.2) is 70.5 Å². The number of amides is 1. The molecule has 0 spiro atoms. The van der Waals surface area contributed by atoms with Gasteiger partial charge in [0.05, 0.1) is 16.6 Å². The zero-order valence-corrected chi connectivity index (χ0v) is 19.9. The van der Waals surface area contributed by atoms with Crippen LogP contribution in [0.5, 0.6) is 0 Å². The Kier molecular flexibility index (Phi) is 6.31. The van der Waals surface area contributed by atoms with Crippen molar-refractivity contribution in [1.29, 1.82) is 0 Å². The summed E-state index contributed by atoms with van der Waals surface area (Å²) in [5, 5.41) is 6.05.